The summed E-state index contributed by atoms with van der Waals surface area (Å²) in [6.45, 7) is 0. The first-order valence-corrected chi connectivity index (χ1v) is 8.10. The topological polar surface area (TPSA) is 156 Å². The summed E-state index contributed by atoms with van der Waals surface area (Å²) in [6, 6.07) is 6.44. The van der Waals surface area contributed by atoms with Gasteiger partial charge in [-0.15, -0.1) is 0 Å². The van der Waals surface area contributed by atoms with Gasteiger partial charge in [-0.3, -0.25) is 19.4 Å². The number of nitrogens with one attached hydrogen (secondary N) is 1. The molecule has 2 aliphatic carbocycles. The number of amides is 1. The summed E-state index contributed by atoms with van der Waals surface area (Å²) >= 11 is 0. The van der Waals surface area contributed by atoms with Crippen molar-refractivity contribution < 1.29 is 24.6 Å². The first-order chi connectivity index (χ1) is 12.3. The van der Waals surface area contributed by atoms with Crippen LogP contribution in [0.25, 0.3) is 11.0 Å². The summed E-state index contributed by atoms with van der Waals surface area (Å²) in [5, 5.41) is 21.4. The maximum atomic E-state index is 12.5. The van der Waals surface area contributed by atoms with E-state index in [4.69, 9.17) is 5.73 Å². The standard InChI is InChI=1S/C17H16N4O5/c18-17(16(25)26)5-9(11-12(13(11)17)15(23)24)21-14(22)10-6-19-7-3-1-2-4-8(7)20-10/h1-4,6,9,11-13H,5,18H2,(H,21,22)(H,23,24)(H,25,26)/t9?,11?,12-,13?,17?/m0/s1. The molecule has 2 saturated carbocycles. The number of carbonyl (C=O) groups excluding carboxylic acids is 1. The molecular formula is C17H16N4O5. The number of carboxylic acid groups (broad SMARTS) is 2. The molecule has 0 bridgehead atoms. The lowest BCUT2D eigenvalue weighted by atomic mass is 9.90. The minimum Gasteiger partial charge on any atom is -0.481 e. The van der Waals surface area contributed by atoms with Crippen LogP contribution < -0.4 is 11.1 Å². The molecule has 5 N–H and O–H groups in total. The molecule has 0 spiro atoms. The molecule has 0 aliphatic heterocycles. The van der Waals surface area contributed by atoms with Crippen LogP contribution in [0, 0.1) is 17.8 Å². The Morgan fingerprint density at radius 3 is 2.54 bits per heavy atom. The van der Waals surface area contributed by atoms with Gasteiger partial charge in [-0.2, -0.15) is 0 Å². The van der Waals surface area contributed by atoms with E-state index in [1.807, 2.05) is 0 Å². The Hall–Kier alpha value is -3.07. The molecule has 1 aromatic heterocycles. The number of nitrogens with zero attached hydrogens (tertiary/aromatic N) is 2. The van der Waals surface area contributed by atoms with Crippen molar-refractivity contribution in [3.63, 3.8) is 0 Å². The molecule has 9 nitrogen and oxygen atoms in total. The summed E-state index contributed by atoms with van der Waals surface area (Å²) in [7, 11) is 0. The quantitative estimate of drug-likeness (QED) is 0.590. The van der Waals surface area contributed by atoms with Gasteiger partial charge in [0.2, 0.25) is 0 Å². The SMILES string of the molecule is NC1(C(=O)O)CC(NC(=O)c2cnc3ccccc3n2)C2C1[C@H]2C(=O)O. The molecule has 134 valence electrons. The predicted octanol–water partition coefficient (Wildman–Crippen LogP) is -0.139. The number of carboxylic acids is 2. The van der Waals surface area contributed by atoms with Crippen molar-refractivity contribution in [2.75, 3.05) is 0 Å². The van der Waals surface area contributed by atoms with Gasteiger partial charge in [-0.05, 0) is 24.5 Å². The van der Waals surface area contributed by atoms with Crippen LogP contribution in [0.4, 0.5) is 0 Å². The Labute approximate surface area is 147 Å². The first kappa shape index (κ1) is 16.4. The maximum Gasteiger partial charge on any atom is 0.324 e. The molecule has 4 rings (SSSR count). The summed E-state index contributed by atoms with van der Waals surface area (Å²) < 4.78 is 0. The van der Waals surface area contributed by atoms with Crippen LogP contribution in [-0.4, -0.2) is 49.6 Å². The van der Waals surface area contributed by atoms with Crippen LogP contribution in [-0.2, 0) is 9.59 Å². The highest BCUT2D eigenvalue weighted by Gasteiger charge is 2.74. The Balaban J connectivity index is 1.57. The van der Waals surface area contributed by atoms with Gasteiger partial charge >= 0.3 is 11.9 Å². The third-order valence-corrected chi connectivity index (χ3v) is 5.37. The smallest absolute Gasteiger partial charge is 0.324 e. The first-order valence-electron chi connectivity index (χ1n) is 8.10. The molecule has 2 fully saturated rings. The fraction of sp³-hybridized carbons (Fsp3) is 0.353. The van der Waals surface area contributed by atoms with E-state index in [0.29, 0.717) is 11.0 Å². The van der Waals surface area contributed by atoms with Gasteiger partial charge in [0, 0.05) is 12.0 Å². The van der Waals surface area contributed by atoms with Gasteiger partial charge in [0.15, 0.2) is 0 Å². The van der Waals surface area contributed by atoms with E-state index >= 15 is 0 Å². The number of fused-ring (bicyclic) bond motifs is 2. The van der Waals surface area contributed by atoms with Gasteiger partial charge in [-0.1, -0.05) is 12.1 Å². The van der Waals surface area contributed by atoms with E-state index in [-0.39, 0.29) is 12.1 Å². The average molecular weight is 356 g/mol. The highest BCUT2D eigenvalue weighted by Crippen LogP contribution is 2.61. The van der Waals surface area contributed by atoms with Gasteiger partial charge < -0.3 is 21.3 Å². The van der Waals surface area contributed by atoms with E-state index in [1.54, 1.807) is 24.3 Å². The lowest BCUT2D eigenvalue weighted by Gasteiger charge is -2.24. The second kappa shape index (κ2) is 5.46. The zero-order valence-electron chi connectivity index (χ0n) is 13.5. The van der Waals surface area contributed by atoms with Gasteiger partial charge in [-0.25, -0.2) is 4.98 Å². The van der Waals surface area contributed by atoms with Gasteiger partial charge in [0.1, 0.15) is 11.2 Å². The molecular weight excluding hydrogens is 340 g/mol. The van der Waals surface area contributed by atoms with Crippen molar-refractivity contribution in [3.05, 3.63) is 36.2 Å². The highest BCUT2D eigenvalue weighted by atomic mass is 16.4. The number of carbonyl (C=O) groups is 3. The number of benzene rings is 1. The lowest BCUT2D eigenvalue weighted by molar-refractivity contribution is -0.145. The number of rotatable bonds is 4. The van der Waals surface area contributed by atoms with E-state index in [2.05, 4.69) is 15.3 Å². The second-order valence-corrected chi connectivity index (χ2v) is 6.84. The molecule has 9 heteroatoms. The highest BCUT2D eigenvalue weighted by molar-refractivity contribution is 5.94. The number of hydrogen-bond donors (Lipinski definition) is 4. The minimum atomic E-state index is -1.65. The van der Waals surface area contributed by atoms with Crippen LogP contribution in [0.2, 0.25) is 0 Å². The van der Waals surface area contributed by atoms with Crippen LogP contribution in [0.3, 0.4) is 0 Å². The fourth-order valence-corrected chi connectivity index (χ4v) is 4.14. The van der Waals surface area contributed by atoms with Crippen molar-refractivity contribution in [2.24, 2.45) is 23.5 Å². The number of para-hydroxylation sites is 2. The van der Waals surface area contributed by atoms with Gasteiger partial charge in [0.05, 0.1) is 23.1 Å². The second-order valence-electron chi connectivity index (χ2n) is 6.84. The number of aromatic nitrogens is 2. The third kappa shape index (κ3) is 2.31. The normalized spacial score (nSPS) is 32.0. The Morgan fingerprint density at radius 2 is 1.88 bits per heavy atom. The third-order valence-electron chi connectivity index (χ3n) is 5.37. The number of hydrogen-bond acceptors (Lipinski definition) is 6. The van der Waals surface area contributed by atoms with Crippen molar-refractivity contribution in [1.82, 2.24) is 15.3 Å². The number of aliphatic carboxylic acids is 2. The van der Waals surface area contributed by atoms with E-state index in [9.17, 15) is 24.6 Å². The largest absolute Gasteiger partial charge is 0.481 e. The Morgan fingerprint density at radius 1 is 1.19 bits per heavy atom. The molecule has 0 saturated heterocycles. The Kier molecular flexibility index (Phi) is 3.45. The molecule has 2 aromatic rings. The van der Waals surface area contributed by atoms with Crippen LogP contribution in [0.1, 0.15) is 16.9 Å². The molecule has 1 aromatic carbocycles. The molecule has 0 radical (unpaired) electrons. The maximum absolute atomic E-state index is 12.5. The average Bonchev–Trinajstić information content (AvgIpc) is 3.30. The summed E-state index contributed by atoms with van der Waals surface area (Å²) in [6.07, 6.45) is 1.31. The molecule has 2 aliphatic rings. The van der Waals surface area contributed by atoms with E-state index in [1.165, 1.54) is 6.20 Å². The molecule has 5 atom stereocenters. The summed E-state index contributed by atoms with van der Waals surface area (Å²) in [5.41, 5.74) is 5.58. The molecule has 1 heterocycles. The van der Waals surface area contributed by atoms with E-state index < -0.39 is 47.2 Å². The van der Waals surface area contributed by atoms with Gasteiger partial charge in [0.25, 0.3) is 5.91 Å². The van der Waals surface area contributed by atoms with Crippen molar-refractivity contribution in [3.8, 4) is 0 Å². The van der Waals surface area contributed by atoms with Crippen molar-refractivity contribution in [1.29, 1.82) is 0 Å². The van der Waals surface area contributed by atoms with Crippen LogP contribution >= 0.6 is 0 Å². The monoisotopic (exact) mass is 356 g/mol. The van der Waals surface area contributed by atoms with Crippen LogP contribution in [0.5, 0.6) is 0 Å². The van der Waals surface area contributed by atoms with Crippen molar-refractivity contribution >= 4 is 28.9 Å². The Bertz CT molecular complexity index is 948. The number of nitrogens with two attached hydrogens (primary N) is 1. The molecule has 4 unspecified atom stereocenters. The zero-order valence-corrected chi connectivity index (χ0v) is 13.5. The van der Waals surface area contributed by atoms with E-state index in [0.717, 1.165) is 0 Å². The van der Waals surface area contributed by atoms with Crippen LogP contribution in [0.15, 0.2) is 30.5 Å². The van der Waals surface area contributed by atoms with Crippen molar-refractivity contribution in [2.45, 2.75) is 18.0 Å². The lowest BCUT2D eigenvalue weighted by Crippen LogP contribution is -2.52. The fourth-order valence-electron chi connectivity index (χ4n) is 4.14. The minimum absolute atomic E-state index is 0.0196. The summed E-state index contributed by atoms with van der Waals surface area (Å²) in [5.74, 6) is -4.93. The molecule has 1 amide bonds. The molecule has 26 heavy (non-hydrogen) atoms. The predicted molar refractivity (Wildman–Crippen MR) is 88.1 cm³/mol. The zero-order chi connectivity index (χ0) is 18.6. The summed E-state index contributed by atoms with van der Waals surface area (Å²) in [4.78, 5) is 43.8.